The van der Waals surface area contributed by atoms with Gasteiger partial charge in [-0.25, -0.2) is 0 Å². The fourth-order valence-corrected chi connectivity index (χ4v) is 2.76. The van der Waals surface area contributed by atoms with Crippen LogP contribution in [0.3, 0.4) is 0 Å². The van der Waals surface area contributed by atoms with Gasteiger partial charge in [-0.1, -0.05) is 32.0 Å². The van der Waals surface area contributed by atoms with Gasteiger partial charge in [-0.2, -0.15) is 0 Å². The third kappa shape index (κ3) is 5.34. The summed E-state index contributed by atoms with van der Waals surface area (Å²) >= 11 is 0. The van der Waals surface area contributed by atoms with Crippen molar-refractivity contribution in [3.8, 4) is 0 Å². The van der Waals surface area contributed by atoms with Crippen molar-refractivity contribution in [1.29, 1.82) is 0 Å². The van der Waals surface area contributed by atoms with Gasteiger partial charge < -0.3 is 19.4 Å². The number of aromatic nitrogens is 1. The summed E-state index contributed by atoms with van der Waals surface area (Å²) in [7, 11) is 2.10. The second kappa shape index (κ2) is 10.4. The van der Waals surface area contributed by atoms with E-state index in [0.29, 0.717) is 19.8 Å². The topological polar surface area (TPSA) is 35.4 Å². The first-order valence-electron chi connectivity index (χ1n) is 8.64. The fourth-order valence-electron chi connectivity index (χ4n) is 2.76. The predicted octanol–water partition coefficient (Wildman–Crippen LogP) is 4.00. The molecule has 4 nitrogen and oxygen atoms in total. The SMILES string of the molecule is CC.CCOC(CNCc1cccc2c(C)cn(C)c12)OCC. The minimum Gasteiger partial charge on any atom is -0.352 e. The molecule has 0 bridgehead atoms. The predicted molar refractivity (Wildman–Crippen MR) is 97.8 cm³/mol. The van der Waals surface area contributed by atoms with Crippen molar-refractivity contribution >= 4 is 10.9 Å². The first kappa shape index (κ1) is 19.7. The van der Waals surface area contributed by atoms with Crippen LogP contribution in [0.2, 0.25) is 0 Å². The summed E-state index contributed by atoms with van der Waals surface area (Å²) < 4.78 is 13.3. The van der Waals surface area contributed by atoms with Gasteiger partial charge in [0.05, 0.1) is 5.52 Å². The maximum atomic E-state index is 5.55. The maximum absolute atomic E-state index is 5.55. The number of fused-ring (bicyclic) bond motifs is 1. The zero-order valence-corrected chi connectivity index (χ0v) is 15.5. The average molecular weight is 320 g/mol. The second-order valence-electron chi connectivity index (χ2n) is 5.21. The number of ether oxygens (including phenoxy) is 2. The summed E-state index contributed by atoms with van der Waals surface area (Å²) in [4.78, 5) is 0. The molecule has 0 aliphatic heterocycles. The van der Waals surface area contributed by atoms with Gasteiger partial charge in [-0.05, 0) is 31.9 Å². The van der Waals surface area contributed by atoms with Gasteiger partial charge in [0.1, 0.15) is 0 Å². The number of nitrogens with one attached hydrogen (secondary N) is 1. The molecule has 23 heavy (non-hydrogen) atoms. The van der Waals surface area contributed by atoms with Crippen LogP contribution in [0.15, 0.2) is 24.4 Å². The summed E-state index contributed by atoms with van der Waals surface area (Å²) in [6, 6.07) is 6.47. The molecule has 0 saturated carbocycles. The fraction of sp³-hybridized carbons (Fsp3) is 0.579. The van der Waals surface area contributed by atoms with E-state index in [4.69, 9.17) is 9.47 Å². The average Bonchev–Trinajstić information content (AvgIpc) is 2.85. The number of benzene rings is 1. The van der Waals surface area contributed by atoms with Crippen LogP contribution in [-0.4, -0.2) is 30.6 Å². The van der Waals surface area contributed by atoms with Gasteiger partial charge in [-0.3, -0.25) is 0 Å². The van der Waals surface area contributed by atoms with E-state index in [2.05, 4.69) is 48.3 Å². The monoisotopic (exact) mass is 320 g/mol. The van der Waals surface area contributed by atoms with Crippen molar-refractivity contribution < 1.29 is 9.47 Å². The van der Waals surface area contributed by atoms with E-state index in [0.717, 1.165) is 6.54 Å². The molecule has 1 N–H and O–H groups in total. The molecule has 0 fully saturated rings. The first-order valence-corrected chi connectivity index (χ1v) is 8.64. The van der Waals surface area contributed by atoms with Gasteiger partial charge in [0.15, 0.2) is 6.29 Å². The number of nitrogens with zero attached hydrogens (tertiary/aromatic N) is 1. The maximum Gasteiger partial charge on any atom is 0.169 e. The van der Waals surface area contributed by atoms with E-state index < -0.39 is 0 Å². The molecule has 0 spiro atoms. The molecular formula is C19H32N2O2. The van der Waals surface area contributed by atoms with E-state index in [1.807, 2.05) is 27.7 Å². The van der Waals surface area contributed by atoms with Crippen LogP contribution in [0.4, 0.5) is 0 Å². The number of rotatable bonds is 8. The summed E-state index contributed by atoms with van der Waals surface area (Å²) in [5, 5.41) is 4.76. The van der Waals surface area contributed by atoms with Crippen molar-refractivity contribution in [2.75, 3.05) is 19.8 Å². The molecule has 0 aliphatic rings. The minimum atomic E-state index is -0.172. The van der Waals surface area contributed by atoms with Crippen molar-refractivity contribution in [1.82, 2.24) is 9.88 Å². The lowest BCUT2D eigenvalue weighted by Crippen LogP contribution is -2.31. The molecule has 4 heteroatoms. The van der Waals surface area contributed by atoms with Crippen LogP contribution < -0.4 is 5.32 Å². The highest BCUT2D eigenvalue weighted by atomic mass is 16.7. The molecule has 0 amide bonds. The molecule has 0 atom stereocenters. The Morgan fingerprint density at radius 3 is 2.39 bits per heavy atom. The third-order valence-electron chi connectivity index (χ3n) is 3.62. The summed E-state index contributed by atoms with van der Waals surface area (Å²) in [6.45, 7) is 13.0. The molecule has 1 aromatic heterocycles. The second-order valence-corrected chi connectivity index (χ2v) is 5.21. The molecule has 0 radical (unpaired) electrons. The molecule has 2 rings (SSSR count). The van der Waals surface area contributed by atoms with E-state index >= 15 is 0 Å². The molecular weight excluding hydrogens is 288 g/mol. The molecule has 0 aliphatic carbocycles. The van der Waals surface area contributed by atoms with Gasteiger partial charge in [0, 0.05) is 44.9 Å². The van der Waals surface area contributed by atoms with Crippen LogP contribution in [0, 0.1) is 6.92 Å². The lowest BCUT2D eigenvalue weighted by molar-refractivity contribution is -0.133. The van der Waals surface area contributed by atoms with Crippen LogP contribution in [-0.2, 0) is 23.1 Å². The van der Waals surface area contributed by atoms with Crippen molar-refractivity contribution in [3.63, 3.8) is 0 Å². The minimum absolute atomic E-state index is 0.172. The Hall–Kier alpha value is -1.36. The van der Waals surface area contributed by atoms with E-state index in [-0.39, 0.29) is 6.29 Å². The molecule has 1 aromatic carbocycles. The Morgan fingerprint density at radius 1 is 1.13 bits per heavy atom. The number of para-hydroxylation sites is 1. The van der Waals surface area contributed by atoms with Crippen molar-refractivity contribution in [2.24, 2.45) is 7.05 Å². The summed E-state index contributed by atoms with van der Waals surface area (Å²) in [5.41, 5.74) is 3.91. The Labute approximate surface area is 140 Å². The van der Waals surface area contributed by atoms with Crippen molar-refractivity contribution in [2.45, 2.75) is 47.5 Å². The lowest BCUT2D eigenvalue weighted by Gasteiger charge is -2.17. The largest absolute Gasteiger partial charge is 0.352 e. The highest BCUT2D eigenvalue weighted by molar-refractivity contribution is 5.86. The summed E-state index contributed by atoms with van der Waals surface area (Å²) in [5.74, 6) is 0. The lowest BCUT2D eigenvalue weighted by atomic mass is 10.1. The van der Waals surface area contributed by atoms with Crippen LogP contribution in [0.1, 0.15) is 38.8 Å². The summed E-state index contributed by atoms with van der Waals surface area (Å²) in [6.07, 6.45) is 2.01. The molecule has 130 valence electrons. The standard InChI is InChI=1S/C17H26N2O2.C2H6/c1-5-20-16(21-6-2)11-18-10-14-8-7-9-15-13(3)12-19(4)17(14)15;1-2/h7-9,12,16,18H,5-6,10-11H2,1-4H3;1-2H3. The Balaban J connectivity index is 0.00000127. The zero-order valence-electron chi connectivity index (χ0n) is 15.5. The Bertz CT molecular complexity index is 572. The third-order valence-corrected chi connectivity index (χ3v) is 3.62. The molecule has 1 heterocycles. The highest BCUT2D eigenvalue weighted by Gasteiger charge is 2.10. The van der Waals surface area contributed by atoms with E-state index in [1.54, 1.807) is 0 Å². The van der Waals surface area contributed by atoms with Crippen LogP contribution in [0.25, 0.3) is 10.9 Å². The van der Waals surface area contributed by atoms with Gasteiger partial charge >= 0.3 is 0 Å². The van der Waals surface area contributed by atoms with Crippen LogP contribution in [0.5, 0.6) is 0 Å². The smallest absolute Gasteiger partial charge is 0.169 e. The number of aryl methyl sites for hydroxylation is 2. The molecule has 0 saturated heterocycles. The normalized spacial score (nSPS) is 10.9. The Morgan fingerprint density at radius 2 is 1.78 bits per heavy atom. The highest BCUT2D eigenvalue weighted by Crippen LogP contribution is 2.23. The Kier molecular flexibility index (Phi) is 8.92. The van der Waals surface area contributed by atoms with Gasteiger partial charge in [-0.15, -0.1) is 0 Å². The van der Waals surface area contributed by atoms with Gasteiger partial charge in [0.25, 0.3) is 0 Å². The molecule has 0 unspecified atom stereocenters. The number of hydrogen-bond acceptors (Lipinski definition) is 3. The molecule has 2 aromatic rings. The van der Waals surface area contributed by atoms with E-state index in [9.17, 15) is 0 Å². The van der Waals surface area contributed by atoms with Crippen LogP contribution >= 0.6 is 0 Å². The quantitative estimate of drug-likeness (QED) is 0.747. The zero-order chi connectivity index (χ0) is 17.2. The van der Waals surface area contributed by atoms with Gasteiger partial charge in [0.2, 0.25) is 0 Å². The number of hydrogen-bond donors (Lipinski definition) is 1. The van der Waals surface area contributed by atoms with Crippen molar-refractivity contribution in [3.05, 3.63) is 35.5 Å². The first-order chi connectivity index (χ1) is 11.2. The van der Waals surface area contributed by atoms with E-state index in [1.165, 1.54) is 22.0 Å².